The van der Waals surface area contributed by atoms with Crippen molar-refractivity contribution in [1.29, 1.82) is 0 Å². The Hall–Kier alpha value is -2.97. The van der Waals surface area contributed by atoms with Crippen LogP contribution in [0.3, 0.4) is 0 Å². The Labute approximate surface area is 232 Å². The number of aliphatic carboxylic acids is 1. The number of halogens is 2. The molecular formula is C30H34ClFN2O5. The van der Waals surface area contributed by atoms with Gasteiger partial charge in [-0.05, 0) is 72.6 Å². The molecule has 2 amide bonds. The lowest BCUT2D eigenvalue weighted by atomic mass is 9.78. The molecule has 3 aliphatic rings. The van der Waals surface area contributed by atoms with Gasteiger partial charge in [-0.2, -0.15) is 0 Å². The minimum atomic E-state index is -0.733. The largest absolute Gasteiger partial charge is 0.489 e. The number of ether oxygens (including phenoxy) is 1. The minimum absolute atomic E-state index is 0.0273. The van der Waals surface area contributed by atoms with Crippen LogP contribution in [0.2, 0.25) is 5.02 Å². The molecule has 1 aliphatic heterocycles. The van der Waals surface area contributed by atoms with E-state index in [4.69, 9.17) is 16.3 Å². The van der Waals surface area contributed by atoms with Crippen LogP contribution in [0.25, 0.3) is 0 Å². The maximum Gasteiger partial charge on any atom is 0.306 e. The summed E-state index contributed by atoms with van der Waals surface area (Å²) < 4.78 is 20.6. The zero-order valence-electron chi connectivity index (χ0n) is 21.9. The molecular weight excluding hydrogens is 523 g/mol. The van der Waals surface area contributed by atoms with Gasteiger partial charge in [-0.3, -0.25) is 24.2 Å². The van der Waals surface area contributed by atoms with Crippen molar-refractivity contribution in [3.05, 3.63) is 63.9 Å². The van der Waals surface area contributed by atoms with Gasteiger partial charge < -0.3 is 9.84 Å². The molecule has 2 aromatic rings. The maximum atomic E-state index is 15.1. The highest BCUT2D eigenvalue weighted by molar-refractivity contribution is 6.30. The van der Waals surface area contributed by atoms with Crippen molar-refractivity contribution in [3.8, 4) is 5.75 Å². The Morgan fingerprint density at radius 3 is 2.56 bits per heavy atom. The number of nitrogens with zero attached hydrogens (tertiary/aromatic N) is 2. The number of likely N-dealkylation sites (tertiary alicyclic amines) is 1. The van der Waals surface area contributed by atoms with E-state index in [9.17, 15) is 19.5 Å². The molecule has 7 nitrogen and oxygen atoms in total. The van der Waals surface area contributed by atoms with Crippen LogP contribution in [0.5, 0.6) is 5.75 Å². The molecule has 9 heteroatoms. The molecule has 3 unspecified atom stereocenters. The smallest absolute Gasteiger partial charge is 0.306 e. The average molecular weight is 557 g/mol. The summed E-state index contributed by atoms with van der Waals surface area (Å²) in [5.41, 5.74) is 3.18. The highest BCUT2D eigenvalue weighted by Gasteiger charge is 2.36. The second-order valence-corrected chi connectivity index (χ2v) is 11.3. The molecule has 2 fully saturated rings. The van der Waals surface area contributed by atoms with Gasteiger partial charge in [-0.1, -0.05) is 36.6 Å². The third-order valence-electron chi connectivity index (χ3n) is 8.40. The molecule has 0 radical (unpaired) electrons. The van der Waals surface area contributed by atoms with Gasteiger partial charge in [0.05, 0.1) is 12.5 Å². The number of carbonyl (C=O) groups is 3. The normalized spacial score (nSPS) is 22.9. The molecule has 1 N–H and O–H groups in total. The van der Waals surface area contributed by atoms with E-state index >= 15 is 4.39 Å². The number of carboxylic acid groups (broad SMARTS) is 1. The van der Waals surface area contributed by atoms with Crippen molar-refractivity contribution < 1.29 is 28.6 Å². The van der Waals surface area contributed by atoms with Gasteiger partial charge in [0.2, 0.25) is 11.8 Å². The Morgan fingerprint density at radius 1 is 1.05 bits per heavy atom. The SMILES string of the molecule is O=C(O)C1CCCCC1CN(Cc1ccc(OCCN2C(=O)CCC2=O)c(F)c1)C1CCc2cc(Cl)ccc21. The van der Waals surface area contributed by atoms with E-state index in [-0.39, 0.29) is 61.4 Å². The topological polar surface area (TPSA) is 87.2 Å². The Kier molecular flexibility index (Phi) is 8.52. The third kappa shape index (κ3) is 6.28. The van der Waals surface area contributed by atoms with E-state index in [1.54, 1.807) is 6.07 Å². The summed E-state index contributed by atoms with van der Waals surface area (Å²) in [6, 6.07) is 10.9. The third-order valence-corrected chi connectivity index (χ3v) is 8.63. The zero-order valence-corrected chi connectivity index (χ0v) is 22.7. The van der Waals surface area contributed by atoms with Crippen molar-refractivity contribution in [2.24, 2.45) is 11.8 Å². The predicted molar refractivity (Wildman–Crippen MR) is 144 cm³/mol. The van der Waals surface area contributed by atoms with E-state index in [0.717, 1.165) is 42.6 Å². The predicted octanol–water partition coefficient (Wildman–Crippen LogP) is 5.39. The lowest BCUT2D eigenvalue weighted by molar-refractivity contribution is -0.145. The van der Waals surface area contributed by atoms with Crippen LogP contribution in [-0.4, -0.2) is 52.4 Å². The summed E-state index contributed by atoms with van der Waals surface area (Å²) in [6.45, 7) is 1.23. The van der Waals surface area contributed by atoms with E-state index in [0.29, 0.717) is 24.5 Å². The molecule has 2 aromatic carbocycles. The van der Waals surface area contributed by atoms with Crippen molar-refractivity contribution in [1.82, 2.24) is 9.80 Å². The van der Waals surface area contributed by atoms with Crippen LogP contribution in [0.4, 0.5) is 4.39 Å². The lowest BCUT2D eigenvalue weighted by Gasteiger charge is -2.37. The van der Waals surface area contributed by atoms with Crippen LogP contribution in [0, 0.1) is 17.7 Å². The van der Waals surface area contributed by atoms with Crippen molar-refractivity contribution in [2.45, 2.75) is 64.0 Å². The van der Waals surface area contributed by atoms with Crippen molar-refractivity contribution in [3.63, 3.8) is 0 Å². The number of benzene rings is 2. The highest BCUT2D eigenvalue weighted by atomic mass is 35.5. The van der Waals surface area contributed by atoms with Gasteiger partial charge >= 0.3 is 5.97 Å². The number of hydrogen-bond acceptors (Lipinski definition) is 5. The summed E-state index contributed by atoms with van der Waals surface area (Å²) in [6.07, 6.45) is 5.75. The number of rotatable bonds is 10. The van der Waals surface area contributed by atoms with Gasteiger partial charge in [-0.15, -0.1) is 0 Å². The fourth-order valence-electron chi connectivity index (χ4n) is 6.41. The van der Waals surface area contributed by atoms with Crippen LogP contribution >= 0.6 is 11.6 Å². The van der Waals surface area contributed by atoms with Crippen LogP contribution < -0.4 is 4.74 Å². The summed E-state index contributed by atoms with van der Waals surface area (Å²) in [7, 11) is 0. The number of carboxylic acids is 1. The molecule has 0 spiro atoms. The standard InChI is InChI=1S/C30H34ClFN2O5/c31-22-7-8-23-20(16-22)6-9-26(23)33(18-21-3-1-2-4-24(21)30(37)38)17-19-5-10-27(25(32)15-19)39-14-13-34-28(35)11-12-29(34)36/h5,7-8,10,15-16,21,24,26H,1-4,6,9,11-14,17-18H2,(H,37,38). The fourth-order valence-corrected chi connectivity index (χ4v) is 6.61. The molecule has 5 rings (SSSR count). The van der Waals surface area contributed by atoms with E-state index in [2.05, 4.69) is 11.0 Å². The first-order chi connectivity index (χ1) is 18.8. The van der Waals surface area contributed by atoms with E-state index in [1.165, 1.54) is 17.2 Å². The Morgan fingerprint density at radius 2 is 1.82 bits per heavy atom. The number of carbonyl (C=O) groups excluding carboxylic acids is 2. The number of hydrogen-bond donors (Lipinski definition) is 1. The second kappa shape index (κ2) is 12.0. The van der Waals surface area contributed by atoms with E-state index < -0.39 is 11.8 Å². The summed E-state index contributed by atoms with van der Waals surface area (Å²) in [5, 5.41) is 10.6. The first kappa shape index (κ1) is 27.6. The Bertz CT molecular complexity index is 1240. The molecule has 1 saturated heterocycles. The van der Waals surface area contributed by atoms with Crippen LogP contribution in [-0.2, 0) is 27.3 Å². The van der Waals surface area contributed by atoms with E-state index in [1.807, 2.05) is 18.2 Å². The fraction of sp³-hybridized carbons (Fsp3) is 0.500. The number of imide groups is 1. The maximum absolute atomic E-state index is 15.1. The summed E-state index contributed by atoms with van der Waals surface area (Å²) >= 11 is 6.24. The quantitative estimate of drug-likeness (QED) is 0.395. The van der Waals surface area contributed by atoms with Crippen LogP contribution in [0.15, 0.2) is 36.4 Å². The van der Waals surface area contributed by atoms with Crippen molar-refractivity contribution >= 4 is 29.4 Å². The second-order valence-electron chi connectivity index (χ2n) is 10.9. The first-order valence-corrected chi connectivity index (χ1v) is 14.2. The molecule has 1 heterocycles. The zero-order chi connectivity index (χ0) is 27.5. The number of amides is 2. The van der Waals surface area contributed by atoms with Gasteiger partial charge in [-0.25, -0.2) is 4.39 Å². The van der Waals surface area contributed by atoms with Crippen molar-refractivity contribution in [2.75, 3.05) is 19.7 Å². The molecule has 0 aromatic heterocycles. The van der Waals surface area contributed by atoms with Gasteiger partial charge in [0, 0.05) is 37.0 Å². The lowest BCUT2D eigenvalue weighted by Crippen LogP contribution is -2.38. The summed E-state index contributed by atoms with van der Waals surface area (Å²) in [5.74, 6) is -1.94. The monoisotopic (exact) mass is 556 g/mol. The minimum Gasteiger partial charge on any atom is -0.489 e. The summed E-state index contributed by atoms with van der Waals surface area (Å²) in [4.78, 5) is 39.0. The first-order valence-electron chi connectivity index (χ1n) is 13.8. The average Bonchev–Trinajstić information content (AvgIpc) is 3.47. The molecule has 208 valence electrons. The molecule has 1 saturated carbocycles. The van der Waals surface area contributed by atoms with Gasteiger partial charge in [0.15, 0.2) is 11.6 Å². The highest BCUT2D eigenvalue weighted by Crippen LogP contribution is 2.40. The van der Waals surface area contributed by atoms with Crippen LogP contribution in [0.1, 0.15) is 67.7 Å². The van der Waals surface area contributed by atoms with Gasteiger partial charge in [0.1, 0.15) is 6.61 Å². The number of aryl methyl sites for hydroxylation is 1. The molecule has 0 bridgehead atoms. The molecule has 2 aliphatic carbocycles. The number of fused-ring (bicyclic) bond motifs is 1. The molecule has 39 heavy (non-hydrogen) atoms. The Balaban J connectivity index is 1.31. The van der Waals surface area contributed by atoms with Gasteiger partial charge in [0.25, 0.3) is 0 Å². The molecule has 3 atom stereocenters.